The number of rotatable bonds is 5. The van der Waals surface area contributed by atoms with E-state index in [0.717, 1.165) is 0 Å². The molecule has 118 valence electrons. The second-order valence-corrected chi connectivity index (χ2v) is 5.50. The van der Waals surface area contributed by atoms with E-state index in [0.29, 0.717) is 11.3 Å². The van der Waals surface area contributed by atoms with Gasteiger partial charge in [0.25, 0.3) is 0 Å². The average Bonchev–Trinajstić information content (AvgIpc) is 2.53. The summed E-state index contributed by atoms with van der Waals surface area (Å²) in [6.07, 6.45) is 4.40. The van der Waals surface area contributed by atoms with Gasteiger partial charge in [-0.3, -0.25) is 4.79 Å². The number of benzene rings is 1. The van der Waals surface area contributed by atoms with Gasteiger partial charge in [-0.1, -0.05) is 18.2 Å². The number of nitrogens with one attached hydrogen (secondary N) is 1. The molecule has 0 aromatic heterocycles. The van der Waals surface area contributed by atoms with E-state index in [1.54, 1.807) is 24.3 Å². The van der Waals surface area contributed by atoms with Gasteiger partial charge in [-0.25, -0.2) is 4.79 Å². The molecule has 2 rings (SSSR count). The average molecular weight is 312 g/mol. The Balaban J connectivity index is 2.23. The van der Waals surface area contributed by atoms with Crippen LogP contribution in [0.15, 0.2) is 48.1 Å². The van der Waals surface area contributed by atoms with Crippen molar-refractivity contribution in [2.45, 2.75) is 6.92 Å². The lowest BCUT2D eigenvalue weighted by atomic mass is 9.70. The molecule has 2 unspecified atom stereocenters. The maximum Gasteiger partial charge on any atom is 0.331 e. The Morgan fingerprint density at radius 3 is 2.48 bits per heavy atom. The highest BCUT2D eigenvalue weighted by Crippen LogP contribution is 2.38. The highest BCUT2D eigenvalue weighted by Gasteiger charge is 2.44. The Bertz CT molecular complexity index is 728. The van der Waals surface area contributed by atoms with Crippen LogP contribution in [0.3, 0.4) is 0 Å². The number of hydrogen-bond acceptors (Lipinski definition) is 4. The third-order valence-corrected chi connectivity index (χ3v) is 4.05. The maximum absolute atomic E-state index is 11.6. The van der Waals surface area contributed by atoms with E-state index in [4.69, 9.17) is 5.26 Å². The molecule has 23 heavy (non-hydrogen) atoms. The second-order valence-electron chi connectivity index (χ2n) is 5.50. The minimum absolute atomic E-state index is 0.0542. The number of nitriles is 1. The van der Waals surface area contributed by atoms with Crippen LogP contribution in [0.1, 0.15) is 12.5 Å². The van der Waals surface area contributed by atoms with Crippen LogP contribution in [0.5, 0.6) is 0 Å². The van der Waals surface area contributed by atoms with Crippen molar-refractivity contribution in [2.75, 3.05) is 11.9 Å². The smallest absolute Gasteiger partial charge is 0.331 e. The summed E-state index contributed by atoms with van der Waals surface area (Å²) in [5.41, 5.74) is -0.0468. The van der Waals surface area contributed by atoms with Crippen molar-refractivity contribution < 1.29 is 19.8 Å². The van der Waals surface area contributed by atoms with Gasteiger partial charge < -0.3 is 15.5 Å². The zero-order valence-corrected chi connectivity index (χ0v) is 12.5. The highest BCUT2D eigenvalue weighted by atomic mass is 16.4. The third kappa shape index (κ3) is 3.24. The molecule has 0 heterocycles. The highest BCUT2D eigenvalue weighted by molar-refractivity contribution is 5.91. The molecule has 2 atom stereocenters. The van der Waals surface area contributed by atoms with Crippen LogP contribution < -0.4 is 5.32 Å². The fraction of sp³-hybridized carbons (Fsp3) is 0.235. The molecule has 0 amide bonds. The van der Waals surface area contributed by atoms with Gasteiger partial charge in [-0.2, -0.15) is 5.26 Å². The van der Waals surface area contributed by atoms with Crippen LogP contribution in [0.2, 0.25) is 0 Å². The van der Waals surface area contributed by atoms with Gasteiger partial charge >= 0.3 is 11.9 Å². The number of carbonyl (C=O) groups is 2. The van der Waals surface area contributed by atoms with Crippen molar-refractivity contribution in [1.29, 1.82) is 5.26 Å². The predicted octanol–water partition coefficient (Wildman–Crippen LogP) is 2.26. The fourth-order valence-corrected chi connectivity index (χ4v) is 2.55. The zero-order chi connectivity index (χ0) is 17.0. The summed E-state index contributed by atoms with van der Waals surface area (Å²) in [6, 6.07) is 8.66. The first-order valence-corrected chi connectivity index (χ1v) is 6.98. The monoisotopic (exact) mass is 312 g/mol. The first kappa shape index (κ1) is 16.3. The predicted molar refractivity (Wildman–Crippen MR) is 83.7 cm³/mol. The van der Waals surface area contributed by atoms with Crippen molar-refractivity contribution in [2.24, 2.45) is 11.3 Å². The van der Waals surface area contributed by atoms with Crippen molar-refractivity contribution >= 4 is 17.6 Å². The molecule has 0 saturated heterocycles. The van der Waals surface area contributed by atoms with Gasteiger partial charge in [0.05, 0.1) is 17.0 Å². The Labute approximate surface area is 133 Å². The summed E-state index contributed by atoms with van der Waals surface area (Å²) in [5, 5.41) is 30.6. The van der Waals surface area contributed by atoms with Gasteiger partial charge in [0.2, 0.25) is 0 Å². The van der Waals surface area contributed by atoms with Crippen LogP contribution in [0, 0.1) is 22.7 Å². The number of carboxylic acids is 2. The van der Waals surface area contributed by atoms with E-state index in [9.17, 15) is 19.8 Å². The van der Waals surface area contributed by atoms with E-state index in [2.05, 4.69) is 5.32 Å². The normalized spacial score (nSPS) is 22.8. The van der Waals surface area contributed by atoms with Gasteiger partial charge in [0, 0.05) is 23.7 Å². The Kier molecular flexibility index (Phi) is 4.51. The Hall–Kier alpha value is -3.07. The molecule has 0 bridgehead atoms. The lowest BCUT2D eigenvalue weighted by molar-refractivity contribution is -0.147. The van der Waals surface area contributed by atoms with Crippen molar-refractivity contribution in [3.05, 3.63) is 53.6 Å². The number of hydrogen-bond donors (Lipinski definition) is 3. The van der Waals surface area contributed by atoms with Gasteiger partial charge in [0.15, 0.2) is 0 Å². The summed E-state index contributed by atoms with van der Waals surface area (Å²) in [7, 11) is 0. The molecule has 0 aliphatic heterocycles. The lowest BCUT2D eigenvalue weighted by Crippen LogP contribution is -2.41. The number of anilines is 1. The summed E-state index contributed by atoms with van der Waals surface area (Å²) >= 11 is 0. The summed E-state index contributed by atoms with van der Waals surface area (Å²) in [5.74, 6) is -2.93. The van der Waals surface area contributed by atoms with Crippen LogP contribution in [-0.2, 0) is 9.59 Å². The minimum atomic E-state index is -1.30. The molecule has 0 radical (unpaired) electrons. The number of nitrogens with zero attached hydrogens (tertiary/aromatic N) is 1. The zero-order valence-electron chi connectivity index (χ0n) is 12.5. The molecule has 1 aromatic carbocycles. The van der Waals surface area contributed by atoms with Gasteiger partial charge in [-0.05, 0) is 31.2 Å². The van der Waals surface area contributed by atoms with Crippen LogP contribution in [0.4, 0.5) is 5.69 Å². The summed E-state index contributed by atoms with van der Waals surface area (Å²) in [4.78, 5) is 23.0. The maximum atomic E-state index is 11.6. The number of carboxylic acid groups (broad SMARTS) is 2. The topological polar surface area (TPSA) is 110 Å². The first-order chi connectivity index (χ1) is 10.9. The number of allylic oxidation sites excluding steroid dienone is 2. The molecule has 3 N–H and O–H groups in total. The third-order valence-electron chi connectivity index (χ3n) is 4.05. The second kappa shape index (κ2) is 6.36. The van der Waals surface area contributed by atoms with Crippen LogP contribution in [0.25, 0.3) is 0 Å². The SMILES string of the molecule is CC1(C(=O)O)C=CC=C(C(=O)O)C1CNc1ccc(C#N)cc1. The van der Waals surface area contributed by atoms with Gasteiger partial charge in [0.1, 0.15) is 0 Å². The molecule has 0 fully saturated rings. The van der Waals surface area contributed by atoms with Crippen LogP contribution in [-0.4, -0.2) is 28.7 Å². The fourth-order valence-electron chi connectivity index (χ4n) is 2.55. The molecular formula is C17H16N2O4. The van der Waals surface area contributed by atoms with Crippen LogP contribution >= 0.6 is 0 Å². The standard InChI is InChI=1S/C17H16N2O4/c1-17(16(22)23)8-2-3-13(15(20)21)14(17)10-19-12-6-4-11(9-18)5-7-12/h2-8,14,19H,10H2,1H3,(H,20,21)(H,22,23). The van der Waals surface area contributed by atoms with E-state index < -0.39 is 23.3 Å². The molecule has 6 nitrogen and oxygen atoms in total. The van der Waals surface area contributed by atoms with E-state index in [1.807, 2.05) is 6.07 Å². The molecular weight excluding hydrogens is 296 g/mol. The molecule has 1 aromatic rings. The minimum Gasteiger partial charge on any atom is -0.481 e. The first-order valence-electron chi connectivity index (χ1n) is 6.98. The molecule has 0 saturated carbocycles. The van der Waals surface area contributed by atoms with E-state index >= 15 is 0 Å². The Morgan fingerprint density at radius 1 is 1.30 bits per heavy atom. The largest absolute Gasteiger partial charge is 0.481 e. The number of aliphatic carboxylic acids is 2. The molecule has 1 aliphatic carbocycles. The Morgan fingerprint density at radius 2 is 1.96 bits per heavy atom. The molecule has 1 aliphatic rings. The summed E-state index contributed by atoms with van der Waals surface area (Å²) in [6.45, 7) is 1.66. The quantitative estimate of drug-likeness (QED) is 0.769. The lowest BCUT2D eigenvalue weighted by Gasteiger charge is -2.34. The van der Waals surface area contributed by atoms with Gasteiger partial charge in [-0.15, -0.1) is 0 Å². The summed E-state index contributed by atoms with van der Waals surface area (Å²) < 4.78 is 0. The van der Waals surface area contributed by atoms with Crippen molar-refractivity contribution in [1.82, 2.24) is 0 Å². The van der Waals surface area contributed by atoms with E-state index in [1.165, 1.54) is 25.2 Å². The molecule has 0 spiro atoms. The van der Waals surface area contributed by atoms with E-state index in [-0.39, 0.29) is 12.1 Å². The van der Waals surface area contributed by atoms with Crippen molar-refractivity contribution in [3.8, 4) is 6.07 Å². The van der Waals surface area contributed by atoms with Crippen molar-refractivity contribution in [3.63, 3.8) is 0 Å². The molecule has 6 heteroatoms.